The Balaban J connectivity index is -0.000000353. The van der Waals surface area contributed by atoms with Crippen molar-refractivity contribution in [2.45, 2.75) is 365 Å². The molecule has 3 saturated heterocycles. The lowest BCUT2D eigenvalue weighted by Gasteiger charge is -2.27. The summed E-state index contributed by atoms with van der Waals surface area (Å²) < 4.78 is 9.58. The first kappa shape index (κ1) is 140. The standard InChI is InChI=1S/C37H59N3O7.C36H57N3O7.C21H29N3O6.ClH.9H2S/c1-4-5-6-7-8-9-10-11-12-13-14-15-16-19-34(43)38-28(2)36(45)40-26-17-18-32(40)33(42)24-25-35(44)39-31(37(46)47-3)27-29-20-22-30(41)23-21-29;1-3-4-5-6-7-8-9-10-11-12-13-14-15-18-33(42)37-27(2)35(44)39-25-16-17-31(39)32(41)23-24-34(43)38-30(36(45)46)26-28-19-21-29(40)22-20-28;1-13(22)20(28)24-11-3-4-17(24)18(26)9-10-19(27)23-16(21(29)30-2)12-14-5-7-15(25)8-6-14;;;;;;;;;;/h20-23,28,31-32,41H,4-19,24-27H2,1-3H3,(H,38,43)(H,39,44);19-22,27,30-31,40H,3-18,23-26H2,1-2H3,(H,37,42)(H,38,43)(H,45,46);5-8,13,16-17,25H,3-4,9-12,22H2,1-2H3,(H,23,27);1H;9*1H2/t28-,31-,32-;27-,30-,31-;13-,16-,17-;;;;;;;;;;/m000........../s1. The molecule has 29 nitrogen and oxygen atoms in total. The van der Waals surface area contributed by atoms with Crippen LogP contribution in [0, 0.1) is 0 Å². The molecule has 3 aliphatic heterocycles. The number of phenolic OH excluding ortho intramolecular Hbond substituents is 3. The fourth-order valence-corrected chi connectivity index (χ4v) is 15.7. The van der Waals surface area contributed by atoms with Crippen molar-refractivity contribution in [3.63, 3.8) is 0 Å². The SMILES string of the molecule is CCCCCCCCCCCCCCCC(=O)N[C@@H](C)C(=O)N1CCC[C@H]1C(=O)CCC(=O)N[C@@H](Cc1ccc(O)cc1)C(=O)O.CCCCCCCCCCCCCCCC(=O)N[C@@H](C)C(=O)N1CCC[C@H]1C(=O)CCC(=O)N[C@@H](Cc1ccc(O)cc1)C(=O)OC.COC(=O)[C@H](Cc1ccc(O)cc1)NC(=O)CCC(=O)[C@@H]1CCCN1C(=O)[C@H](C)N.Cl.S.S.S.S.S.S.S.S.S. The minimum atomic E-state index is -1.20. The monoisotopic (exact) mass is 2060 g/mol. The third kappa shape index (κ3) is 57.6. The zero-order valence-electron chi connectivity index (χ0n) is 79.3. The van der Waals surface area contributed by atoms with Gasteiger partial charge in [0.05, 0.1) is 38.4 Å². The molecule has 0 aromatic heterocycles. The van der Waals surface area contributed by atoms with Crippen molar-refractivity contribution in [3.05, 3.63) is 89.5 Å². The van der Waals surface area contributed by atoms with E-state index in [1.807, 2.05) is 0 Å². The summed E-state index contributed by atoms with van der Waals surface area (Å²) in [4.78, 5) is 180. The molecule has 0 spiro atoms. The van der Waals surface area contributed by atoms with Crippen molar-refractivity contribution in [2.24, 2.45) is 5.73 Å². The summed E-state index contributed by atoms with van der Waals surface area (Å²) in [6.07, 6.45) is 36.1. The van der Waals surface area contributed by atoms with Gasteiger partial charge in [-0.25, -0.2) is 14.4 Å². The Morgan fingerprint density at radius 1 is 0.338 bits per heavy atom. The second-order valence-electron chi connectivity index (χ2n) is 33.2. The number of methoxy groups -OCH3 is 2. The summed E-state index contributed by atoms with van der Waals surface area (Å²) in [6, 6.07) is 11.5. The van der Waals surface area contributed by atoms with Crippen molar-refractivity contribution < 1.29 is 97.0 Å². The molecule has 9 atom stereocenters. The van der Waals surface area contributed by atoms with E-state index in [0.29, 0.717) is 70.1 Å². The highest BCUT2D eigenvalue weighted by atomic mass is 35.5. The van der Waals surface area contributed by atoms with Gasteiger partial charge < -0.3 is 76.9 Å². The Labute approximate surface area is 859 Å². The van der Waals surface area contributed by atoms with Crippen molar-refractivity contribution in [2.75, 3.05) is 33.9 Å². The number of phenols is 3. The Kier molecular flexibility index (Phi) is 85.7. The molecule has 3 heterocycles. The molecule has 0 saturated carbocycles. The predicted molar refractivity (Wildman–Crippen MR) is 570 cm³/mol. The molecule has 3 aromatic rings. The van der Waals surface area contributed by atoms with Gasteiger partial charge in [0.1, 0.15) is 47.5 Å². The molecule has 0 radical (unpaired) electrons. The summed E-state index contributed by atoms with van der Waals surface area (Å²) in [7, 11) is 2.46. The molecule has 11 N–H and O–H groups in total. The minimum Gasteiger partial charge on any atom is -0.508 e. The van der Waals surface area contributed by atoms with Gasteiger partial charge in [-0.2, -0.15) is 121 Å². The topological polar surface area (TPSA) is 434 Å². The smallest absolute Gasteiger partial charge is 0.328 e. The van der Waals surface area contributed by atoms with Gasteiger partial charge >= 0.3 is 17.9 Å². The number of amides is 8. The fraction of sp³-hybridized carbons (Fsp3) is 0.660. The first-order valence-electron chi connectivity index (χ1n) is 45.4. The van der Waals surface area contributed by atoms with Crippen LogP contribution in [0.1, 0.15) is 308 Å². The van der Waals surface area contributed by atoms with E-state index < -0.39 is 90.0 Å². The number of hydrogen-bond acceptors (Lipinski definition) is 20. The van der Waals surface area contributed by atoms with Gasteiger partial charge in [-0.3, -0.25) is 52.7 Å². The number of benzene rings is 3. The van der Waals surface area contributed by atoms with Crippen LogP contribution < -0.4 is 32.3 Å². The molecule has 8 amide bonds. The van der Waals surface area contributed by atoms with E-state index in [4.69, 9.17) is 15.2 Å². The van der Waals surface area contributed by atoms with E-state index in [9.17, 15) is 87.5 Å². The average molecular weight is 2060 g/mol. The number of halogens is 1. The van der Waals surface area contributed by atoms with Crippen LogP contribution in [0.3, 0.4) is 0 Å². The number of likely N-dealkylation sites (tertiary alicyclic amines) is 3. The Hall–Kier alpha value is -6.36. The Bertz CT molecular complexity index is 3780. The highest BCUT2D eigenvalue weighted by Gasteiger charge is 2.39. The molecule has 6 rings (SSSR count). The first-order valence-corrected chi connectivity index (χ1v) is 45.4. The van der Waals surface area contributed by atoms with Gasteiger partial charge in [0, 0.05) is 90.3 Å². The van der Waals surface area contributed by atoms with Crippen LogP contribution in [0.2, 0.25) is 0 Å². The van der Waals surface area contributed by atoms with Gasteiger partial charge in [-0.15, -0.1) is 12.4 Å². The number of carbonyl (C=O) groups is 14. The van der Waals surface area contributed by atoms with E-state index in [1.54, 1.807) is 57.2 Å². The maximum absolute atomic E-state index is 13.2. The normalized spacial score (nSPS) is 14.9. The zero-order valence-corrected chi connectivity index (χ0v) is 89.1. The molecular weight excluding hydrogens is 1900 g/mol. The highest BCUT2D eigenvalue weighted by Crippen LogP contribution is 2.26. The third-order valence-corrected chi connectivity index (χ3v) is 22.8. The lowest BCUT2D eigenvalue weighted by Crippen LogP contribution is -2.50. The van der Waals surface area contributed by atoms with Crippen LogP contribution in [-0.4, -0.2) is 206 Å². The molecule has 0 bridgehead atoms. The number of rotatable bonds is 57. The second kappa shape index (κ2) is 81.6. The number of aromatic hydroxyl groups is 3. The summed E-state index contributed by atoms with van der Waals surface area (Å²) in [6.45, 7) is 10.7. The number of Topliss-reactive ketones (excluding diaryl/α,β-unsaturated/α-hetero) is 3. The molecule has 0 aliphatic carbocycles. The first-order chi connectivity index (χ1) is 59.0. The summed E-state index contributed by atoms with van der Waals surface area (Å²) in [5, 5.41) is 51.1. The maximum atomic E-state index is 13.2. The molecule has 3 fully saturated rings. The predicted octanol–water partition coefficient (Wildman–Crippen LogP) is 13.5. The number of ether oxygens (including phenoxy) is 2. The van der Waals surface area contributed by atoms with Crippen molar-refractivity contribution in [1.29, 1.82) is 0 Å². The molecule has 39 heteroatoms. The second-order valence-corrected chi connectivity index (χ2v) is 33.2. The van der Waals surface area contributed by atoms with E-state index in [-0.39, 0.29) is 256 Å². The van der Waals surface area contributed by atoms with Crippen LogP contribution in [0.4, 0.5) is 0 Å². The highest BCUT2D eigenvalue weighted by molar-refractivity contribution is 7.60. The third-order valence-electron chi connectivity index (χ3n) is 22.8. The number of aliphatic carboxylic acids is 1. The number of carboxylic acids is 1. The van der Waals surface area contributed by atoms with Gasteiger partial charge in [0.25, 0.3) is 0 Å². The zero-order chi connectivity index (χ0) is 90.4. The number of esters is 2. The maximum Gasteiger partial charge on any atom is 0.328 e. The number of unbranched alkanes of at least 4 members (excludes halogenated alkanes) is 24. The van der Waals surface area contributed by atoms with Crippen LogP contribution in [0.15, 0.2) is 72.8 Å². The lowest BCUT2D eigenvalue weighted by molar-refractivity contribution is -0.145. The molecule has 3 aromatic carbocycles. The lowest BCUT2D eigenvalue weighted by atomic mass is 10.0. The van der Waals surface area contributed by atoms with Crippen LogP contribution in [-0.2, 0) is 95.9 Å². The van der Waals surface area contributed by atoms with Crippen molar-refractivity contribution >= 4 is 216 Å². The van der Waals surface area contributed by atoms with Gasteiger partial charge in [0.15, 0.2) is 17.3 Å². The fourth-order valence-electron chi connectivity index (χ4n) is 15.7. The Morgan fingerprint density at radius 2 is 0.564 bits per heavy atom. The summed E-state index contributed by atoms with van der Waals surface area (Å²) in [5.74, 6) is -5.52. The average Bonchev–Trinajstić information content (AvgIpc) is 1.72. The van der Waals surface area contributed by atoms with Gasteiger partial charge in [-0.05, 0) is 125 Å². The van der Waals surface area contributed by atoms with Crippen LogP contribution in [0.5, 0.6) is 17.2 Å². The number of hydrogen-bond donors (Lipinski definition) is 10. The van der Waals surface area contributed by atoms with Crippen molar-refractivity contribution in [1.82, 2.24) is 41.3 Å². The van der Waals surface area contributed by atoms with Gasteiger partial charge in [0.2, 0.25) is 47.3 Å². The number of ketones is 3. The Morgan fingerprint density at radius 3 is 0.805 bits per heavy atom. The molecule has 0 unspecified atom stereocenters. The number of carbonyl (C=O) groups excluding carboxylic acids is 13. The minimum absolute atomic E-state index is 0. The van der Waals surface area contributed by atoms with E-state index in [2.05, 4.69) is 40.4 Å². The van der Waals surface area contributed by atoms with Crippen molar-refractivity contribution in [3.8, 4) is 17.2 Å². The van der Waals surface area contributed by atoms with E-state index >= 15 is 0 Å². The number of nitrogens with zero attached hydrogens (tertiary/aromatic N) is 3. The number of nitrogens with two attached hydrogens (primary N) is 1. The molecule has 133 heavy (non-hydrogen) atoms. The number of nitrogens with one attached hydrogen (secondary N) is 5. The van der Waals surface area contributed by atoms with Crippen LogP contribution in [0.25, 0.3) is 0 Å². The number of carboxylic acid groups (broad SMARTS) is 1. The van der Waals surface area contributed by atoms with Gasteiger partial charge in [-0.1, -0.05) is 204 Å². The quantitative estimate of drug-likeness (QED) is 0.0185. The largest absolute Gasteiger partial charge is 0.508 e. The molecule has 3 aliphatic rings. The summed E-state index contributed by atoms with van der Waals surface area (Å²) in [5.41, 5.74) is 7.73. The molecular formula is C94H164ClN9O20S9. The van der Waals surface area contributed by atoms with E-state index in [0.717, 1.165) is 56.1 Å². The van der Waals surface area contributed by atoms with E-state index in [1.165, 1.54) is 194 Å². The van der Waals surface area contributed by atoms with Crippen LogP contribution >= 0.6 is 134 Å². The summed E-state index contributed by atoms with van der Waals surface area (Å²) >= 11 is 0. The molecule has 766 valence electrons.